The first-order valence-corrected chi connectivity index (χ1v) is 6.59. The summed E-state index contributed by atoms with van der Waals surface area (Å²) < 4.78 is 43.9. The molecule has 2 aromatic rings. The van der Waals surface area contributed by atoms with Crippen LogP contribution in [0.1, 0.15) is 17.3 Å². The third-order valence-electron chi connectivity index (χ3n) is 2.92. The zero-order chi connectivity index (χ0) is 17.0. The van der Waals surface area contributed by atoms with Crippen molar-refractivity contribution >= 4 is 17.6 Å². The van der Waals surface area contributed by atoms with E-state index < -0.39 is 35.4 Å². The third kappa shape index (κ3) is 4.32. The molecule has 0 aliphatic heterocycles. The van der Waals surface area contributed by atoms with E-state index in [2.05, 4.69) is 5.32 Å². The molecule has 1 unspecified atom stereocenters. The Labute approximate surface area is 129 Å². The van der Waals surface area contributed by atoms with Crippen LogP contribution in [-0.2, 0) is 9.53 Å². The summed E-state index contributed by atoms with van der Waals surface area (Å²) in [6.07, 6.45) is -1.22. The van der Waals surface area contributed by atoms with Gasteiger partial charge in [-0.15, -0.1) is 0 Å². The molecule has 2 aromatic carbocycles. The predicted molar refractivity (Wildman–Crippen MR) is 76.3 cm³/mol. The maximum Gasteiger partial charge on any atom is 0.338 e. The molecule has 0 aromatic heterocycles. The first-order chi connectivity index (χ1) is 10.9. The molecule has 0 saturated carbocycles. The highest BCUT2D eigenvalue weighted by Gasteiger charge is 2.20. The van der Waals surface area contributed by atoms with Gasteiger partial charge in [0.2, 0.25) is 0 Å². The fourth-order valence-electron chi connectivity index (χ4n) is 1.69. The standard InChI is InChI=1S/C16H12F3NO3/c1-9(23-16(22)10-2-4-11(17)5-3-10)15(21)20-14-7-6-12(18)8-13(14)19/h2-9H,1H3,(H,20,21). The van der Waals surface area contributed by atoms with E-state index in [1.165, 1.54) is 19.1 Å². The van der Waals surface area contributed by atoms with Gasteiger partial charge in [-0.1, -0.05) is 0 Å². The fraction of sp³-hybridized carbons (Fsp3) is 0.125. The van der Waals surface area contributed by atoms with E-state index in [1.807, 2.05) is 0 Å². The van der Waals surface area contributed by atoms with Gasteiger partial charge in [-0.25, -0.2) is 18.0 Å². The van der Waals surface area contributed by atoms with E-state index in [1.54, 1.807) is 0 Å². The topological polar surface area (TPSA) is 55.4 Å². The summed E-state index contributed by atoms with van der Waals surface area (Å²) in [4.78, 5) is 23.6. The van der Waals surface area contributed by atoms with Crippen molar-refractivity contribution < 1.29 is 27.5 Å². The van der Waals surface area contributed by atoms with Gasteiger partial charge >= 0.3 is 5.97 Å². The highest BCUT2D eigenvalue weighted by atomic mass is 19.1. The van der Waals surface area contributed by atoms with Crippen LogP contribution < -0.4 is 5.32 Å². The molecule has 1 atom stereocenters. The Bertz CT molecular complexity index is 732. The van der Waals surface area contributed by atoms with Gasteiger partial charge < -0.3 is 10.1 Å². The number of halogens is 3. The predicted octanol–water partition coefficient (Wildman–Crippen LogP) is 3.29. The number of amides is 1. The average Bonchev–Trinajstić information content (AvgIpc) is 2.50. The molecule has 0 bridgehead atoms. The lowest BCUT2D eigenvalue weighted by Gasteiger charge is -2.14. The van der Waals surface area contributed by atoms with Gasteiger partial charge in [0.15, 0.2) is 6.10 Å². The molecule has 7 heteroatoms. The number of hydrogen-bond donors (Lipinski definition) is 1. The quantitative estimate of drug-likeness (QED) is 0.879. The minimum Gasteiger partial charge on any atom is -0.449 e. The highest BCUT2D eigenvalue weighted by Crippen LogP contribution is 2.16. The van der Waals surface area contributed by atoms with Crippen LogP contribution >= 0.6 is 0 Å². The lowest BCUT2D eigenvalue weighted by Crippen LogP contribution is -2.30. The molecule has 0 fully saturated rings. The Morgan fingerprint density at radius 3 is 2.22 bits per heavy atom. The number of esters is 1. The van der Waals surface area contributed by atoms with Crippen molar-refractivity contribution in [3.8, 4) is 0 Å². The molecular weight excluding hydrogens is 311 g/mol. The van der Waals surface area contributed by atoms with Crippen LogP contribution in [0.15, 0.2) is 42.5 Å². The number of carbonyl (C=O) groups is 2. The number of hydrogen-bond acceptors (Lipinski definition) is 3. The van der Waals surface area contributed by atoms with Crippen LogP contribution in [0.2, 0.25) is 0 Å². The van der Waals surface area contributed by atoms with Gasteiger partial charge in [-0.3, -0.25) is 4.79 Å². The summed E-state index contributed by atoms with van der Waals surface area (Å²) in [6, 6.07) is 7.23. The van der Waals surface area contributed by atoms with Gasteiger partial charge in [-0.2, -0.15) is 0 Å². The Balaban J connectivity index is 1.99. The Kier molecular flexibility index (Phi) is 5.00. The maximum absolute atomic E-state index is 13.4. The van der Waals surface area contributed by atoms with E-state index in [9.17, 15) is 22.8 Å². The number of rotatable bonds is 4. The molecule has 0 spiro atoms. The van der Waals surface area contributed by atoms with E-state index >= 15 is 0 Å². The van der Waals surface area contributed by atoms with Crippen molar-refractivity contribution in [3.05, 3.63) is 65.5 Å². The van der Waals surface area contributed by atoms with Crippen molar-refractivity contribution in [1.82, 2.24) is 0 Å². The van der Waals surface area contributed by atoms with Gasteiger partial charge in [-0.05, 0) is 43.3 Å². The Morgan fingerprint density at radius 2 is 1.61 bits per heavy atom. The summed E-state index contributed by atoms with van der Waals surface area (Å²) in [5.41, 5.74) is -0.167. The van der Waals surface area contributed by atoms with E-state index in [-0.39, 0.29) is 11.3 Å². The normalized spacial score (nSPS) is 11.7. The smallest absolute Gasteiger partial charge is 0.338 e. The van der Waals surface area contributed by atoms with Gasteiger partial charge in [0.25, 0.3) is 5.91 Å². The lowest BCUT2D eigenvalue weighted by atomic mass is 10.2. The number of ether oxygens (including phenoxy) is 1. The Morgan fingerprint density at radius 1 is 1.00 bits per heavy atom. The molecular formula is C16H12F3NO3. The molecule has 0 aliphatic carbocycles. The molecule has 1 N–H and O–H groups in total. The first kappa shape index (κ1) is 16.5. The first-order valence-electron chi connectivity index (χ1n) is 6.59. The third-order valence-corrected chi connectivity index (χ3v) is 2.92. The van der Waals surface area contributed by atoms with Crippen LogP contribution in [0, 0.1) is 17.5 Å². The zero-order valence-corrected chi connectivity index (χ0v) is 12.0. The molecule has 0 saturated heterocycles. The molecule has 1 amide bonds. The molecule has 0 aliphatic rings. The number of nitrogens with one attached hydrogen (secondary N) is 1. The summed E-state index contributed by atoms with van der Waals surface area (Å²) in [5, 5.41) is 2.19. The molecule has 23 heavy (non-hydrogen) atoms. The van der Waals surface area contributed by atoms with E-state index in [0.717, 1.165) is 24.3 Å². The maximum atomic E-state index is 13.4. The molecule has 4 nitrogen and oxygen atoms in total. The molecule has 0 heterocycles. The second-order valence-corrected chi connectivity index (χ2v) is 4.67. The van der Waals surface area contributed by atoms with Crippen molar-refractivity contribution in [2.75, 3.05) is 5.32 Å². The van der Waals surface area contributed by atoms with Crippen LogP contribution in [0.25, 0.3) is 0 Å². The second-order valence-electron chi connectivity index (χ2n) is 4.67. The summed E-state index contributed by atoms with van der Waals surface area (Å²) in [6.45, 7) is 1.29. The average molecular weight is 323 g/mol. The van der Waals surface area contributed by atoms with Gasteiger partial charge in [0.1, 0.15) is 17.5 Å². The van der Waals surface area contributed by atoms with Crippen molar-refractivity contribution in [2.24, 2.45) is 0 Å². The molecule has 2 rings (SSSR count). The second kappa shape index (κ2) is 6.95. The van der Waals surface area contributed by atoms with Crippen molar-refractivity contribution in [3.63, 3.8) is 0 Å². The van der Waals surface area contributed by atoms with Gasteiger partial charge in [0.05, 0.1) is 11.3 Å². The summed E-state index contributed by atoms with van der Waals surface area (Å²) in [7, 11) is 0. The number of anilines is 1. The monoisotopic (exact) mass is 323 g/mol. The number of carbonyl (C=O) groups excluding carboxylic acids is 2. The van der Waals surface area contributed by atoms with Crippen molar-refractivity contribution in [1.29, 1.82) is 0 Å². The lowest BCUT2D eigenvalue weighted by molar-refractivity contribution is -0.123. The molecule has 120 valence electrons. The van der Waals surface area contributed by atoms with Gasteiger partial charge in [0, 0.05) is 6.07 Å². The van der Waals surface area contributed by atoms with Crippen LogP contribution in [0.3, 0.4) is 0 Å². The minimum absolute atomic E-state index is 0.0685. The van der Waals surface area contributed by atoms with E-state index in [0.29, 0.717) is 6.07 Å². The van der Waals surface area contributed by atoms with Crippen LogP contribution in [0.5, 0.6) is 0 Å². The SMILES string of the molecule is CC(OC(=O)c1ccc(F)cc1)C(=O)Nc1ccc(F)cc1F. The van der Waals surface area contributed by atoms with E-state index in [4.69, 9.17) is 4.74 Å². The minimum atomic E-state index is -1.22. The highest BCUT2D eigenvalue weighted by molar-refractivity contribution is 5.97. The van der Waals surface area contributed by atoms with Crippen LogP contribution in [0.4, 0.5) is 18.9 Å². The zero-order valence-electron chi connectivity index (χ0n) is 12.0. The fourth-order valence-corrected chi connectivity index (χ4v) is 1.69. The Hall–Kier alpha value is -2.83. The van der Waals surface area contributed by atoms with Crippen LogP contribution in [-0.4, -0.2) is 18.0 Å². The van der Waals surface area contributed by atoms with Crippen molar-refractivity contribution in [2.45, 2.75) is 13.0 Å². The largest absolute Gasteiger partial charge is 0.449 e. The summed E-state index contributed by atoms with van der Waals surface area (Å²) in [5.74, 6) is -3.86. The summed E-state index contributed by atoms with van der Waals surface area (Å²) >= 11 is 0. The molecule has 0 radical (unpaired) electrons. The number of benzene rings is 2.